The normalized spacial score (nSPS) is 16.7. The zero-order chi connectivity index (χ0) is 19.1. The van der Waals surface area contributed by atoms with Crippen molar-refractivity contribution in [2.75, 3.05) is 26.2 Å². The van der Waals surface area contributed by atoms with E-state index in [1.165, 1.54) is 16.8 Å². The van der Waals surface area contributed by atoms with E-state index in [-0.39, 0.29) is 17.5 Å². The predicted molar refractivity (Wildman–Crippen MR) is 95.2 cm³/mol. The highest BCUT2D eigenvalue weighted by molar-refractivity contribution is 7.89. The molecule has 2 aromatic heterocycles. The Morgan fingerprint density at radius 1 is 1.12 bits per heavy atom. The van der Waals surface area contributed by atoms with E-state index < -0.39 is 10.0 Å². The summed E-state index contributed by atoms with van der Waals surface area (Å²) in [5, 5.41) is 4.34. The number of sulfonamides is 1. The number of carbonyl (C=O) groups excluding carboxylic acids is 1. The number of rotatable bonds is 3. The van der Waals surface area contributed by atoms with Gasteiger partial charge in [0.15, 0.2) is 5.03 Å². The molecule has 0 saturated carbocycles. The highest BCUT2D eigenvalue weighted by Crippen LogP contribution is 2.19. The van der Waals surface area contributed by atoms with Crippen molar-refractivity contribution in [3.05, 3.63) is 29.5 Å². The van der Waals surface area contributed by atoms with Gasteiger partial charge in [0.2, 0.25) is 0 Å². The Hall–Kier alpha value is -2.20. The smallest absolute Gasteiger partial charge is 0.262 e. The van der Waals surface area contributed by atoms with Gasteiger partial charge in [-0.05, 0) is 20.3 Å². The van der Waals surface area contributed by atoms with Crippen LogP contribution in [0.15, 0.2) is 17.6 Å². The molecular formula is C16H24N6O3S. The third kappa shape index (κ3) is 3.26. The lowest BCUT2D eigenvalue weighted by molar-refractivity contribution is 0.0762. The molecule has 3 heterocycles. The second-order valence-corrected chi connectivity index (χ2v) is 8.48. The average Bonchev–Trinajstić information content (AvgIpc) is 3.00. The number of imidazole rings is 1. The van der Waals surface area contributed by atoms with Gasteiger partial charge in [-0.15, -0.1) is 0 Å². The number of aryl methyl sites for hydroxylation is 3. The summed E-state index contributed by atoms with van der Waals surface area (Å²) < 4.78 is 30.2. The number of hydrogen-bond acceptors (Lipinski definition) is 5. The van der Waals surface area contributed by atoms with Gasteiger partial charge in [-0.2, -0.15) is 9.40 Å². The molecule has 3 rings (SSSR count). The van der Waals surface area contributed by atoms with Gasteiger partial charge in [0.25, 0.3) is 15.9 Å². The minimum Gasteiger partial charge on any atom is -0.339 e. The first kappa shape index (κ1) is 18.6. The zero-order valence-electron chi connectivity index (χ0n) is 15.5. The van der Waals surface area contributed by atoms with Crippen molar-refractivity contribution in [2.45, 2.75) is 25.3 Å². The van der Waals surface area contributed by atoms with Gasteiger partial charge in [0.1, 0.15) is 0 Å². The van der Waals surface area contributed by atoms with E-state index in [4.69, 9.17) is 0 Å². The lowest BCUT2D eigenvalue weighted by Crippen LogP contribution is -2.37. The molecule has 0 bridgehead atoms. The highest BCUT2D eigenvalue weighted by atomic mass is 32.2. The maximum absolute atomic E-state index is 12.9. The molecule has 0 aromatic carbocycles. The number of carbonyl (C=O) groups is 1. The molecule has 1 aliphatic heterocycles. The van der Waals surface area contributed by atoms with Crippen LogP contribution in [0.25, 0.3) is 0 Å². The Morgan fingerprint density at radius 3 is 2.42 bits per heavy atom. The molecule has 0 atom stereocenters. The van der Waals surface area contributed by atoms with E-state index in [0.717, 1.165) is 5.69 Å². The fraction of sp³-hybridized carbons (Fsp3) is 0.562. The van der Waals surface area contributed by atoms with E-state index in [9.17, 15) is 13.2 Å². The van der Waals surface area contributed by atoms with Crippen molar-refractivity contribution in [3.8, 4) is 0 Å². The van der Waals surface area contributed by atoms with Crippen LogP contribution in [0.2, 0.25) is 0 Å². The third-order valence-corrected chi connectivity index (χ3v) is 6.53. The van der Waals surface area contributed by atoms with Crippen LogP contribution in [0.1, 0.15) is 28.2 Å². The van der Waals surface area contributed by atoms with Crippen LogP contribution >= 0.6 is 0 Å². The molecule has 1 fully saturated rings. The second kappa shape index (κ2) is 6.84. The van der Waals surface area contributed by atoms with Crippen molar-refractivity contribution in [3.63, 3.8) is 0 Å². The molecule has 0 N–H and O–H groups in total. The Kier molecular flexibility index (Phi) is 4.89. The Balaban J connectivity index is 1.77. The molecule has 0 aliphatic carbocycles. The summed E-state index contributed by atoms with van der Waals surface area (Å²) in [7, 11) is -0.106. The van der Waals surface area contributed by atoms with Gasteiger partial charge in [-0.3, -0.25) is 9.48 Å². The largest absolute Gasteiger partial charge is 0.339 e. The van der Waals surface area contributed by atoms with Crippen molar-refractivity contribution < 1.29 is 13.2 Å². The van der Waals surface area contributed by atoms with Gasteiger partial charge in [0, 0.05) is 52.2 Å². The minimum atomic E-state index is -3.64. The monoisotopic (exact) mass is 380 g/mol. The lowest BCUT2D eigenvalue weighted by Gasteiger charge is -2.21. The summed E-state index contributed by atoms with van der Waals surface area (Å²) >= 11 is 0. The SMILES string of the molecule is Cc1nn(C)c(C)c1C(=O)N1CCCN(S(=O)(=O)c2cn(C)cn2)CC1. The number of hydrogen-bond donors (Lipinski definition) is 0. The van der Waals surface area contributed by atoms with Crippen LogP contribution in [-0.4, -0.2) is 69.0 Å². The first-order valence-corrected chi connectivity index (χ1v) is 9.93. The standard InChI is InChI=1S/C16H24N6O3S/c1-12-15(13(2)20(4)18-12)16(23)21-6-5-7-22(9-8-21)26(24,25)14-10-19(3)11-17-14/h10-11H,5-9H2,1-4H3. The summed E-state index contributed by atoms with van der Waals surface area (Å²) in [6, 6.07) is 0. The summed E-state index contributed by atoms with van der Waals surface area (Å²) in [5.74, 6) is -0.0924. The maximum Gasteiger partial charge on any atom is 0.262 e. The summed E-state index contributed by atoms with van der Waals surface area (Å²) in [4.78, 5) is 18.6. The molecule has 0 spiro atoms. The Bertz CT molecular complexity index is 930. The summed E-state index contributed by atoms with van der Waals surface area (Å²) in [6.07, 6.45) is 3.54. The van der Waals surface area contributed by atoms with E-state index in [1.807, 2.05) is 20.9 Å². The molecule has 1 aliphatic rings. The van der Waals surface area contributed by atoms with Crippen molar-refractivity contribution in [1.82, 2.24) is 28.5 Å². The van der Waals surface area contributed by atoms with Gasteiger partial charge < -0.3 is 9.47 Å². The van der Waals surface area contributed by atoms with Crippen molar-refractivity contribution in [2.24, 2.45) is 14.1 Å². The molecule has 9 nitrogen and oxygen atoms in total. The lowest BCUT2D eigenvalue weighted by atomic mass is 10.1. The van der Waals surface area contributed by atoms with E-state index in [2.05, 4.69) is 10.1 Å². The van der Waals surface area contributed by atoms with Gasteiger partial charge in [0.05, 0.1) is 17.6 Å². The van der Waals surface area contributed by atoms with Gasteiger partial charge >= 0.3 is 0 Å². The van der Waals surface area contributed by atoms with Gasteiger partial charge in [-0.1, -0.05) is 0 Å². The predicted octanol–water partition coefficient (Wildman–Crippen LogP) is 0.307. The molecule has 0 unspecified atom stereocenters. The molecule has 2 aromatic rings. The minimum absolute atomic E-state index is 0.0405. The third-order valence-electron chi connectivity index (χ3n) is 4.75. The molecule has 26 heavy (non-hydrogen) atoms. The molecule has 142 valence electrons. The second-order valence-electron chi connectivity index (χ2n) is 6.60. The van der Waals surface area contributed by atoms with E-state index in [1.54, 1.807) is 21.2 Å². The quantitative estimate of drug-likeness (QED) is 0.764. The van der Waals surface area contributed by atoms with Crippen LogP contribution in [0.3, 0.4) is 0 Å². The number of amides is 1. The molecule has 10 heteroatoms. The van der Waals surface area contributed by atoms with E-state index >= 15 is 0 Å². The average molecular weight is 380 g/mol. The van der Waals surface area contributed by atoms with Crippen molar-refractivity contribution >= 4 is 15.9 Å². The first-order valence-electron chi connectivity index (χ1n) is 8.49. The number of nitrogens with zero attached hydrogens (tertiary/aromatic N) is 6. The number of aromatic nitrogens is 4. The molecule has 1 amide bonds. The highest BCUT2D eigenvalue weighted by Gasteiger charge is 2.31. The van der Waals surface area contributed by atoms with E-state index in [0.29, 0.717) is 37.3 Å². The van der Waals surface area contributed by atoms with Crippen molar-refractivity contribution in [1.29, 1.82) is 0 Å². The van der Waals surface area contributed by atoms with Gasteiger partial charge in [-0.25, -0.2) is 13.4 Å². The van der Waals surface area contributed by atoms with Crippen LogP contribution in [-0.2, 0) is 24.1 Å². The van der Waals surface area contributed by atoms with Crippen LogP contribution in [0.5, 0.6) is 0 Å². The fourth-order valence-electron chi connectivity index (χ4n) is 3.23. The summed E-state index contributed by atoms with van der Waals surface area (Å²) in [5.41, 5.74) is 2.11. The first-order chi connectivity index (χ1) is 12.2. The fourth-order valence-corrected chi connectivity index (χ4v) is 4.67. The Morgan fingerprint density at radius 2 is 1.85 bits per heavy atom. The Labute approximate surface area is 153 Å². The molecule has 0 radical (unpaired) electrons. The maximum atomic E-state index is 12.9. The molecular weight excluding hydrogens is 356 g/mol. The van der Waals surface area contributed by atoms with Crippen LogP contribution < -0.4 is 0 Å². The van der Waals surface area contributed by atoms with Crippen LogP contribution in [0.4, 0.5) is 0 Å². The topological polar surface area (TPSA) is 93.3 Å². The van der Waals surface area contributed by atoms with Crippen LogP contribution in [0, 0.1) is 13.8 Å². The summed E-state index contributed by atoms with van der Waals surface area (Å²) in [6.45, 7) is 5.16. The molecule has 1 saturated heterocycles. The zero-order valence-corrected chi connectivity index (χ0v) is 16.3.